The molecule has 1 rings (SSSR count). The van der Waals surface area contributed by atoms with E-state index in [1.165, 1.54) is 0 Å². The van der Waals surface area contributed by atoms with Gasteiger partial charge in [0.15, 0.2) is 6.29 Å². The van der Waals surface area contributed by atoms with Crippen LogP contribution in [0.3, 0.4) is 0 Å². The molecular weight excluding hydrogens is 326 g/mol. The van der Waals surface area contributed by atoms with Gasteiger partial charge in [-0.3, -0.25) is 4.79 Å². The van der Waals surface area contributed by atoms with Crippen LogP contribution in [0.4, 0.5) is 0 Å². The standard InChI is InChI=1S/C13H28N2O3P2S/c1-13(7-5-9(13)12(17-3)18-4)15-11(16)10(14-2)6-8-21-20-19/h9-10,12,14,20H,5-8,19H2,1-4H3,(H,15,16)/t9?,10?,13-/m0/s1. The average Bonchev–Trinajstić information content (AvgIpc) is 2.47. The van der Waals surface area contributed by atoms with Crippen molar-refractivity contribution in [2.45, 2.75) is 44.1 Å². The van der Waals surface area contributed by atoms with Crippen molar-refractivity contribution in [2.75, 3.05) is 27.0 Å². The Bertz CT molecular complexity index is 335. The van der Waals surface area contributed by atoms with E-state index in [1.807, 2.05) is 18.4 Å². The Hall–Kier alpha value is 0.560. The predicted molar refractivity (Wildman–Crippen MR) is 95.0 cm³/mol. The number of nitrogens with one attached hydrogen (secondary N) is 2. The first-order chi connectivity index (χ1) is 10.0. The van der Waals surface area contributed by atoms with Crippen LogP contribution >= 0.6 is 27.8 Å². The van der Waals surface area contributed by atoms with E-state index >= 15 is 0 Å². The number of hydrogen-bond acceptors (Lipinski definition) is 5. The van der Waals surface area contributed by atoms with Crippen molar-refractivity contribution < 1.29 is 14.3 Å². The van der Waals surface area contributed by atoms with Crippen LogP contribution in [-0.4, -0.2) is 50.8 Å². The first kappa shape index (κ1) is 19.6. The first-order valence-corrected chi connectivity index (χ1v) is 11.7. The Morgan fingerprint density at radius 2 is 2.19 bits per heavy atom. The van der Waals surface area contributed by atoms with E-state index in [1.54, 1.807) is 14.2 Å². The van der Waals surface area contributed by atoms with Gasteiger partial charge in [-0.2, -0.15) is 0 Å². The summed E-state index contributed by atoms with van der Waals surface area (Å²) in [5, 5.41) is 6.31. The van der Waals surface area contributed by atoms with Gasteiger partial charge < -0.3 is 20.1 Å². The maximum absolute atomic E-state index is 12.5. The highest BCUT2D eigenvalue weighted by Crippen LogP contribution is 2.42. The highest BCUT2D eigenvalue weighted by Gasteiger charge is 2.48. The number of carbonyl (C=O) groups is 1. The molecule has 0 aromatic rings. The van der Waals surface area contributed by atoms with Gasteiger partial charge in [-0.25, -0.2) is 0 Å². The van der Waals surface area contributed by atoms with Crippen molar-refractivity contribution in [1.29, 1.82) is 0 Å². The third-order valence-electron chi connectivity index (χ3n) is 4.25. The Morgan fingerprint density at radius 3 is 2.62 bits per heavy atom. The van der Waals surface area contributed by atoms with Gasteiger partial charge in [0.2, 0.25) is 5.91 Å². The van der Waals surface area contributed by atoms with Crippen molar-refractivity contribution in [1.82, 2.24) is 10.6 Å². The lowest BCUT2D eigenvalue weighted by Crippen LogP contribution is -2.64. The van der Waals surface area contributed by atoms with Gasteiger partial charge in [0.05, 0.1) is 6.04 Å². The minimum Gasteiger partial charge on any atom is -0.356 e. The Morgan fingerprint density at radius 1 is 1.52 bits per heavy atom. The molecule has 0 spiro atoms. The van der Waals surface area contributed by atoms with Gasteiger partial charge in [-0.1, -0.05) is 0 Å². The van der Waals surface area contributed by atoms with E-state index in [9.17, 15) is 4.79 Å². The molecule has 1 amide bonds. The predicted octanol–water partition coefficient (Wildman–Crippen LogP) is 1.99. The van der Waals surface area contributed by atoms with Gasteiger partial charge in [0.25, 0.3) is 0 Å². The van der Waals surface area contributed by atoms with E-state index in [0.717, 1.165) is 32.5 Å². The lowest BCUT2D eigenvalue weighted by molar-refractivity contribution is -0.181. The van der Waals surface area contributed by atoms with Crippen LogP contribution in [0.25, 0.3) is 0 Å². The minimum atomic E-state index is -0.258. The molecule has 0 aliphatic heterocycles. The third-order valence-corrected chi connectivity index (χ3v) is 7.47. The molecule has 0 saturated heterocycles. The SMILES string of the molecule is CNC(CCSPP)C(=O)N[C@@]1(C)CCC1C(OC)OC. The second-order valence-corrected chi connectivity index (χ2v) is 10.1. The second kappa shape index (κ2) is 9.64. The van der Waals surface area contributed by atoms with E-state index in [-0.39, 0.29) is 29.7 Å². The van der Waals surface area contributed by atoms with E-state index in [0.29, 0.717) is 0 Å². The van der Waals surface area contributed by atoms with Crippen LogP contribution in [0.1, 0.15) is 26.2 Å². The minimum absolute atomic E-state index is 0.0725. The van der Waals surface area contributed by atoms with Crippen molar-refractivity contribution in [3.8, 4) is 0 Å². The molecule has 4 unspecified atom stereocenters. The van der Waals surface area contributed by atoms with Crippen LogP contribution in [0, 0.1) is 5.92 Å². The summed E-state index contributed by atoms with van der Waals surface area (Å²) in [6.45, 7) is 2.08. The molecule has 0 aromatic heterocycles. The largest absolute Gasteiger partial charge is 0.356 e. The molecule has 124 valence electrons. The van der Waals surface area contributed by atoms with E-state index < -0.39 is 0 Å². The zero-order chi connectivity index (χ0) is 15.9. The fourth-order valence-corrected chi connectivity index (χ4v) is 5.01. The monoisotopic (exact) mass is 354 g/mol. The van der Waals surface area contributed by atoms with Gasteiger partial charge >= 0.3 is 0 Å². The summed E-state index contributed by atoms with van der Waals surface area (Å²) < 4.78 is 10.7. The van der Waals surface area contributed by atoms with Crippen LogP contribution in [0.5, 0.6) is 0 Å². The maximum atomic E-state index is 12.5. The van der Waals surface area contributed by atoms with Crippen molar-refractivity contribution in [3.63, 3.8) is 0 Å². The normalized spacial score (nSPS) is 27.0. The zero-order valence-corrected chi connectivity index (χ0v) is 16.2. The number of rotatable bonds is 10. The molecule has 8 heteroatoms. The average molecular weight is 354 g/mol. The molecule has 5 atom stereocenters. The summed E-state index contributed by atoms with van der Waals surface area (Å²) in [5.41, 5.74) is -0.238. The Balaban J connectivity index is 2.55. The number of amides is 1. The molecule has 1 aliphatic rings. The summed E-state index contributed by atoms with van der Waals surface area (Å²) in [4.78, 5) is 12.5. The quantitative estimate of drug-likeness (QED) is 0.357. The van der Waals surface area contributed by atoms with Crippen molar-refractivity contribution >= 4 is 33.7 Å². The number of carbonyl (C=O) groups excluding carboxylic acids is 1. The first-order valence-electron chi connectivity index (χ1n) is 7.14. The molecule has 2 N–H and O–H groups in total. The molecule has 0 bridgehead atoms. The Kier molecular flexibility index (Phi) is 9.00. The van der Waals surface area contributed by atoms with Crippen LogP contribution < -0.4 is 10.6 Å². The van der Waals surface area contributed by atoms with Gasteiger partial charge in [0, 0.05) is 25.7 Å². The molecule has 21 heavy (non-hydrogen) atoms. The summed E-state index contributed by atoms with van der Waals surface area (Å²) >= 11 is 1.85. The summed E-state index contributed by atoms with van der Waals surface area (Å²) in [6, 6.07) is -0.138. The highest BCUT2D eigenvalue weighted by molar-refractivity contribution is 8.64. The molecule has 0 aromatic carbocycles. The van der Waals surface area contributed by atoms with Crippen molar-refractivity contribution in [2.24, 2.45) is 5.92 Å². The molecule has 1 saturated carbocycles. The summed E-state index contributed by atoms with van der Waals surface area (Å²) in [6.07, 6.45) is 2.56. The van der Waals surface area contributed by atoms with Gasteiger partial charge in [0.1, 0.15) is 0 Å². The molecular formula is C13H28N2O3P2S. The van der Waals surface area contributed by atoms with Gasteiger partial charge in [-0.15, -0.1) is 20.3 Å². The molecule has 0 heterocycles. The molecule has 0 radical (unpaired) electrons. The Labute approximate surface area is 136 Å². The van der Waals surface area contributed by atoms with Crippen molar-refractivity contribution in [3.05, 3.63) is 0 Å². The number of likely N-dealkylation sites (N-methyl/N-ethyl adjacent to an activating group) is 1. The van der Waals surface area contributed by atoms with Crippen LogP contribution in [-0.2, 0) is 14.3 Å². The van der Waals surface area contributed by atoms with Crippen LogP contribution in [0.2, 0.25) is 0 Å². The zero-order valence-electron chi connectivity index (χ0n) is 13.3. The molecule has 1 fully saturated rings. The highest BCUT2D eigenvalue weighted by atomic mass is 32.9. The fourth-order valence-electron chi connectivity index (χ4n) is 2.77. The third kappa shape index (κ3) is 5.30. The smallest absolute Gasteiger partial charge is 0.237 e. The number of methoxy groups -OCH3 is 2. The summed E-state index contributed by atoms with van der Waals surface area (Å²) in [5.74, 6) is 1.26. The maximum Gasteiger partial charge on any atom is 0.237 e. The molecule has 5 nitrogen and oxygen atoms in total. The second-order valence-electron chi connectivity index (χ2n) is 5.49. The topological polar surface area (TPSA) is 59.6 Å². The van der Waals surface area contributed by atoms with E-state index in [2.05, 4.69) is 26.5 Å². The lowest BCUT2D eigenvalue weighted by Gasteiger charge is -2.50. The van der Waals surface area contributed by atoms with Gasteiger partial charge in [-0.05, 0) is 46.5 Å². The lowest BCUT2D eigenvalue weighted by atomic mass is 9.67. The number of ether oxygens (including phenoxy) is 2. The van der Waals surface area contributed by atoms with Crippen LogP contribution in [0.15, 0.2) is 0 Å². The number of hydrogen-bond donors (Lipinski definition) is 2. The summed E-state index contributed by atoms with van der Waals surface area (Å²) in [7, 11) is 8.63. The van der Waals surface area contributed by atoms with E-state index in [4.69, 9.17) is 9.47 Å². The fraction of sp³-hybridized carbons (Fsp3) is 0.923. The molecule has 1 aliphatic carbocycles.